The van der Waals surface area contributed by atoms with Crippen LogP contribution in [0.5, 0.6) is 0 Å². The van der Waals surface area contributed by atoms with E-state index in [1.807, 2.05) is 16.7 Å². The molecule has 0 aliphatic carbocycles. The van der Waals surface area contributed by atoms with Gasteiger partial charge in [0.05, 0.1) is 0 Å². The minimum atomic E-state index is -0.479. The van der Waals surface area contributed by atoms with Gasteiger partial charge in [-0.05, 0) is 30.7 Å². The van der Waals surface area contributed by atoms with Crippen molar-refractivity contribution in [1.29, 1.82) is 0 Å². The Morgan fingerprint density at radius 3 is 2.58 bits per heavy atom. The maximum absolute atomic E-state index is 12.5. The number of fused-ring (bicyclic) bond motifs is 3. The number of rotatable bonds is 4. The number of H-pyrrole nitrogens is 1. The molecule has 0 bridgehead atoms. The van der Waals surface area contributed by atoms with Crippen molar-refractivity contribution in [3.05, 3.63) is 50.1 Å². The minimum Gasteiger partial charge on any atom is -0.302 e. The van der Waals surface area contributed by atoms with Gasteiger partial charge in [0.1, 0.15) is 0 Å². The van der Waals surface area contributed by atoms with Crippen molar-refractivity contribution in [2.75, 3.05) is 0 Å². The largest absolute Gasteiger partial charge is 0.329 e. The van der Waals surface area contributed by atoms with Gasteiger partial charge >= 0.3 is 5.69 Å². The average molecular weight is 373 g/mol. The Balaban J connectivity index is 2.15. The summed E-state index contributed by atoms with van der Waals surface area (Å²) in [6.45, 7) is 2.69. The third-order valence-electron chi connectivity index (χ3n) is 4.48. The predicted molar refractivity (Wildman–Crippen MR) is 99.7 cm³/mol. The molecule has 0 amide bonds. The molecule has 0 atom stereocenters. The van der Waals surface area contributed by atoms with Crippen LogP contribution in [-0.2, 0) is 13.6 Å². The van der Waals surface area contributed by atoms with Crippen LogP contribution in [0.2, 0.25) is 5.02 Å². The zero-order valence-corrected chi connectivity index (χ0v) is 15.1. The lowest BCUT2D eigenvalue weighted by Gasteiger charge is -2.04. The fraction of sp³-hybridized carbons (Fsp3) is 0.294. The van der Waals surface area contributed by atoms with Crippen LogP contribution in [0.3, 0.4) is 0 Å². The molecular weight excluding hydrogens is 356 g/mol. The molecule has 4 rings (SSSR count). The van der Waals surface area contributed by atoms with Gasteiger partial charge in [0.15, 0.2) is 17.0 Å². The molecule has 0 fully saturated rings. The van der Waals surface area contributed by atoms with Gasteiger partial charge in [0, 0.05) is 24.2 Å². The van der Waals surface area contributed by atoms with Crippen LogP contribution in [0.1, 0.15) is 19.8 Å². The third-order valence-corrected chi connectivity index (χ3v) is 4.73. The van der Waals surface area contributed by atoms with Gasteiger partial charge in [-0.2, -0.15) is 0 Å². The minimum absolute atomic E-state index is 0.417. The van der Waals surface area contributed by atoms with Crippen LogP contribution in [-0.4, -0.2) is 28.7 Å². The van der Waals surface area contributed by atoms with E-state index in [1.165, 1.54) is 4.57 Å². The van der Waals surface area contributed by atoms with E-state index in [2.05, 4.69) is 22.1 Å². The first-order valence-corrected chi connectivity index (χ1v) is 8.73. The molecule has 0 aliphatic heterocycles. The Kier molecular flexibility index (Phi) is 3.91. The number of nitrogens with zero attached hydrogens (tertiary/aromatic N) is 5. The molecule has 0 unspecified atom stereocenters. The second kappa shape index (κ2) is 6.14. The molecule has 26 heavy (non-hydrogen) atoms. The molecule has 3 heterocycles. The Labute approximate surface area is 152 Å². The van der Waals surface area contributed by atoms with Gasteiger partial charge in [-0.1, -0.05) is 24.9 Å². The van der Waals surface area contributed by atoms with E-state index >= 15 is 0 Å². The summed E-state index contributed by atoms with van der Waals surface area (Å²) in [6, 6.07) is 7.19. The van der Waals surface area contributed by atoms with Crippen molar-refractivity contribution in [2.45, 2.75) is 26.3 Å². The molecule has 4 aromatic rings. The van der Waals surface area contributed by atoms with Gasteiger partial charge in [0.25, 0.3) is 5.56 Å². The summed E-state index contributed by atoms with van der Waals surface area (Å²) in [7, 11) is 1.62. The first-order chi connectivity index (χ1) is 12.5. The zero-order valence-electron chi connectivity index (χ0n) is 14.4. The molecule has 0 saturated heterocycles. The standard InChI is InChI=1S/C17H17ClN6O2/c1-3-4-9-23-12-14(25)19-17(26)22(2)15(12)24-13(20-21-16(23)24)10-5-7-11(18)8-6-10/h5-8H,3-4,9H2,1-2H3,(H,19,25,26). The Morgan fingerprint density at radius 2 is 1.88 bits per heavy atom. The summed E-state index contributed by atoms with van der Waals surface area (Å²) < 4.78 is 4.99. The van der Waals surface area contributed by atoms with Gasteiger partial charge < -0.3 is 4.57 Å². The number of aryl methyl sites for hydroxylation is 2. The van der Waals surface area contributed by atoms with Gasteiger partial charge in [0.2, 0.25) is 5.78 Å². The van der Waals surface area contributed by atoms with Crippen molar-refractivity contribution in [3.63, 3.8) is 0 Å². The van der Waals surface area contributed by atoms with Crippen molar-refractivity contribution in [1.82, 2.24) is 28.7 Å². The summed E-state index contributed by atoms with van der Waals surface area (Å²) in [5.41, 5.74) is 0.782. The highest BCUT2D eigenvalue weighted by atomic mass is 35.5. The van der Waals surface area contributed by atoms with Gasteiger partial charge in [-0.3, -0.25) is 14.3 Å². The smallest absolute Gasteiger partial charge is 0.302 e. The van der Waals surface area contributed by atoms with Crippen LogP contribution in [0, 0.1) is 0 Å². The van der Waals surface area contributed by atoms with Crippen LogP contribution >= 0.6 is 11.6 Å². The molecule has 1 N–H and O–H groups in total. The maximum Gasteiger partial charge on any atom is 0.329 e. The van der Waals surface area contributed by atoms with Crippen molar-refractivity contribution in [2.24, 2.45) is 7.05 Å². The number of benzene rings is 1. The van der Waals surface area contributed by atoms with Crippen LogP contribution < -0.4 is 11.2 Å². The van der Waals surface area contributed by atoms with E-state index < -0.39 is 11.2 Å². The van der Waals surface area contributed by atoms with E-state index in [-0.39, 0.29) is 0 Å². The average Bonchev–Trinajstić information content (AvgIpc) is 3.17. The zero-order chi connectivity index (χ0) is 18.4. The molecule has 0 aliphatic rings. The van der Waals surface area contributed by atoms with E-state index in [4.69, 9.17) is 11.6 Å². The van der Waals surface area contributed by atoms with Crippen molar-refractivity contribution >= 4 is 28.5 Å². The first-order valence-electron chi connectivity index (χ1n) is 8.35. The second-order valence-electron chi connectivity index (χ2n) is 6.16. The van der Waals surface area contributed by atoms with Crippen molar-refractivity contribution < 1.29 is 0 Å². The van der Waals surface area contributed by atoms with Crippen LogP contribution in [0.25, 0.3) is 28.3 Å². The quantitative estimate of drug-likeness (QED) is 0.594. The lowest BCUT2D eigenvalue weighted by Crippen LogP contribution is -2.29. The highest BCUT2D eigenvalue weighted by Crippen LogP contribution is 2.25. The Morgan fingerprint density at radius 1 is 1.15 bits per heavy atom. The summed E-state index contributed by atoms with van der Waals surface area (Å²) in [5, 5.41) is 9.20. The Bertz CT molecular complexity index is 1230. The number of aromatic amines is 1. The fourth-order valence-corrected chi connectivity index (χ4v) is 3.28. The summed E-state index contributed by atoms with van der Waals surface area (Å²) in [6.07, 6.45) is 1.85. The summed E-state index contributed by atoms with van der Waals surface area (Å²) >= 11 is 5.98. The fourth-order valence-electron chi connectivity index (χ4n) is 3.16. The van der Waals surface area contributed by atoms with Crippen LogP contribution in [0.4, 0.5) is 0 Å². The summed E-state index contributed by atoms with van der Waals surface area (Å²) in [5.74, 6) is 1.09. The lowest BCUT2D eigenvalue weighted by atomic mass is 10.2. The van der Waals surface area contributed by atoms with E-state index in [9.17, 15) is 9.59 Å². The highest BCUT2D eigenvalue weighted by molar-refractivity contribution is 6.30. The SMILES string of the molecule is CCCCn1c2c(=O)[nH]c(=O)n(C)c2n2c(-c3ccc(Cl)cc3)nnc12. The molecule has 0 spiro atoms. The Hall–Kier alpha value is -2.87. The van der Waals surface area contributed by atoms with E-state index in [0.29, 0.717) is 34.3 Å². The number of hydrogen-bond acceptors (Lipinski definition) is 4. The predicted octanol–water partition coefficient (Wildman–Crippen LogP) is 2.19. The number of unbranched alkanes of at least 4 members (excludes halogenated alkanes) is 1. The normalized spacial score (nSPS) is 11.7. The second-order valence-corrected chi connectivity index (χ2v) is 6.60. The lowest BCUT2D eigenvalue weighted by molar-refractivity contribution is 0.653. The maximum atomic E-state index is 12.5. The molecule has 8 nitrogen and oxygen atoms in total. The molecule has 134 valence electrons. The third kappa shape index (κ3) is 2.37. The topological polar surface area (TPSA) is 90.0 Å². The molecular formula is C17H17ClN6O2. The van der Waals surface area contributed by atoms with E-state index in [1.54, 1.807) is 23.6 Å². The van der Waals surface area contributed by atoms with Gasteiger partial charge in [-0.25, -0.2) is 9.20 Å². The van der Waals surface area contributed by atoms with Gasteiger partial charge in [-0.15, -0.1) is 10.2 Å². The number of halogens is 1. The van der Waals surface area contributed by atoms with E-state index in [0.717, 1.165) is 18.4 Å². The molecule has 0 saturated carbocycles. The number of aromatic nitrogens is 6. The number of imidazole rings is 1. The van der Waals surface area contributed by atoms with Crippen LogP contribution in [0.15, 0.2) is 33.9 Å². The highest BCUT2D eigenvalue weighted by Gasteiger charge is 2.22. The first kappa shape index (κ1) is 16.6. The summed E-state index contributed by atoms with van der Waals surface area (Å²) in [4.78, 5) is 27.1. The number of nitrogens with one attached hydrogen (secondary N) is 1. The molecule has 0 radical (unpaired) electrons. The number of hydrogen-bond donors (Lipinski definition) is 1. The molecule has 1 aromatic carbocycles. The monoisotopic (exact) mass is 372 g/mol. The molecule has 3 aromatic heterocycles. The van der Waals surface area contributed by atoms with Crippen molar-refractivity contribution in [3.8, 4) is 11.4 Å². The molecule has 9 heteroatoms.